The lowest BCUT2D eigenvalue weighted by atomic mass is 9.97. The average molecular weight is 374 g/mol. The van der Waals surface area contributed by atoms with Gasteiger partial charge in [0, 0.05) is 12.0 Å². The Morgan fingerprint density at radius 3 is 2.65 bits per heavy atom. The molecular formula is C21H31N3OS. The highest BCUT2D eigenvalue weighted by atomic mass is 32.1. The summed E-state index contributed by atoms with van der Waals surface area (Å²) in [6.07, 6.45) is 4.41. The van der Waals surface area contributed by atoms with Crippen molar-refractivity contribution in [3.05, 3.63) is 29.3 Å². The molecule has 4 nitrogen and oxygen atoms in total. The van der Waals surface area contributed by atoms with E-state index >= 15 is 0 Å². The summed E-state index contributed by atoms with van der Waals surface area (Å²) in [5, 5.41) is 4.41. The van der Waals surface area contributed by atoms with Gasteiger partial charge >= 0.3 is 0 Å². The van der Waals surface area contributed by atoms with Gasteiger partial charge < -0.3 is 5.32 Å². The van der Waals surface area contributed by atoms with Crippen LogP contribution < -0.4 is 5.32 Å². The van der Waals surface area contributed by atoms with E-state index in [1.165, 1.54) is 9.71 Å². The first-order valence-corrected chi connectivity index (χ1v) is 10.7. The van der Waals surface area contributed by atoms with E-state index in [0.29, 0.717) is 18.4 Å². The van der Waals surface area contributed by atoms with Crippen molar-refractivity contribution in [1.82, 2.24) is 15.2 Å². The first kappa shape index (κ1) is 19.3. The number of aromatic nitrogens is 1. The normalized spacial score (nSPS) is 17.7. The summed E-state index contributed by atoms with van der Waals surface area (Å²) in [6.45, 7) is 9.05. The molecule has 1 amide bonds. The van der Waals surface area contributed by atoms with E-state index in [9.17, 15) is 4.79 Å². The van der Waals surface area contributed by atoms with Gasteiger partial charge in [-0.25, -0.2) is 4.98 Å². The molecule has 1 saturated heterocycles. The summed E-state index contributed by atoms with van der Waals surface area (Å²) in [4.78, 5) is 19.4. The molecule has 5 heteroatoms. The van der Waals surface area contributed by atoms with Gasteiger partial charge in [0.1, 0.15) is 0 Å². The molecule has 0 spiro atoms. The van der Waals surface area contributed by atoms with Crippen LogP contribution in [0.3, 0.4) is 0 Å². The minimum atomic E-state index is 0.166. The molecular weight excluding hydrogens is 342 g/mol. The molecule has 1 aromatic carbocycles. The molecule has 2 aromatic rings. The highest BCUT2D eigenvalue weighted by Crippen LogP contribution is 2.33. The fourth-order valence-electron chi connectivity index (χ4n) is 3.58. The highest BCUT2D eigenvalue weighted by Gasteiger charge is 2.24. The fourth-order valence-corrected chi connectivity index (χ4v) is 4.72. The van der Waals surface area contributed by atoms with Crippen LogP contribution in [0.2, 0.25) is 0 Å². The fraction of sp³-hybridized carbons (Fsp3) is 0.619. The molecule has 1 N–H and O–H groups in total. The molecule has 1 fully saturated rings. The van der Waals surface area contributed by atoms with Crippen molar-refractivity contribution in [2.45, 2.75) is 58.4 Å². The van der Waals surface area contributed by atoms with Gasteiger partial charge in [-0.15, -0.1) is 11.3 Å². The van der Waals surface area contributed by atoms with Crippen LogP contribution in [-0.2, 0) is 4.79 Å². The average Bonchev–Trinajstić information content (AvgIpc) is 3.04. The quantitative estimate of drug-likeness (QED) is 0.781. The number of para-hydroxylation sites is 1. The second-order valence-electron chi connectivity index (χ2n) is 8.01. The van der Waals surface area contributed by atoms with E-state index in [1.54, 1.807) is 0 Å². The molecule has 0 radical (unpaired) electrons. The molecule has 1 atom stereocenters. The molecule has 1 aliphatic rings. The summed E-state index contributed by atoms with van der Waals surface area (Å²) in [5.74, 6) is 1.40. The standard InChI is InChI=1S/C21H31N3OS/c1-15(2)8-9-16(3)22-20(25)14-24-12-10-17(11-13-24)21-23-18-6-4-5-7-19(18)26-21/h4-7,15-17H,8-14H2,1-3H3,(H,22,25)/t16-/m1/s1. The van der Waals surface area contributed by atoms with Gasteiger partial charge in [0.05, 0.1) is 21.8 Å². The molecule has 142 valence electrons. The van der Waals surface area contributed by atoms with Crippen molar-refractivity contribution in [3.63, 3.8) is 0 Å². The van der Waals surface area contributed by atoms with Crippen molar-refractivity contribution in [3.8, 4) is 0 Å². The topological polar surface area (TPSA) is 45.2 Å². The number of nitrogens with one attached hydrogen (secondary N) is 1. The Labute approximate surface area is 161 Å². The Morgan fingerprint density at radius 1 is 1.23 bits per heavy atom. The number of rotatable bonds is 7. The summed E-state index contributed by atoms with van der Waals surface area (Å²) in [5.41, 5.74) is 1.12. The second kappa shape index (κ2) is 8.96. The second-order valence-corrected chi connectivity index (χ2v) is 9.07. The summed E-state index contributed by atoms with van der Waals surface area (Å²) in [6, 6.07) is 8.64. The third kappa shape index (κ3) is 5.27. The Hall–Kier alpha value is -1.46. The number of nitrogens with zero attached hydrogens (tertiary/aromatic N) is 2. The largest absolute Gasteiger partial charge is 0.353 e. The van der Waals surface area contributed by atoms with Gasteiger partial charge in [0.2, 0.25) is 5.91 Å². The Morgan fingerprint density at radius 2 is 1.96 bits per heavy atom. The van der Waals surface area contributed by atoms with Gasteiger partial charge in [-0.2, -0.15) is 0 Å². The molecule has 1 aromatic heterocycles. The molecule has 3 rings (SSSR count). The predicted octanol–water partition coefficient (Wildman–Crippen LogP) is 4.42. The molecule has 2 heterocycles. The number of benzene rings is 1. The maximum Gasteiger partial charge on any atom is 0.234 e. The zero-order valence-electron chi connectivity index (χ0n) is 16.2. The van der Waals surface area contributed by atoms with Crippen LogP contribution in [0.25, 0.3) is 10.2 Å². The lowest BCUT2D eigenvalue weighted by molar-refractivity contribution is -0.123. The van der Waals surface area contributed by atoms with Crippen molar-refractivity contribution in [2.24, 2.45) is 5.92 Å². The number of amides is 1. The molecule has 0 bridgehead atoms. The van der Waals surface area contributed by atoms with Gasteiger partial charge in [0.15, 0.2) is 0 Å². The molecule has 0 aliphatic carbocycles. The lowest BCUT2D eigenvalue weighted by Crippen LogP contribution is -2.43. The number of carbonyl (C=O) groups is 1. The number of thiazole rings is 1. The summed E-state index contributed by atoms with van der Waals surface area (Å²) < 4.78 is 1.28. The minimum absolute atomic E-state index is 0.166. The molecule has 0 saturated carbocycles. The first-order valence-electron chi connectivity index (χ1n) is 9.88. The SMILES string of the molecule is CC(C)CC[C@@H](C)NC(=O)CN1CCC(c2nc3ccccc3s2)CC1. The number of hydrogen-bond donors (Lipinski definition) is 1. The van der Waals surface area contributed by atoms with Gasteiger partial charge in [-0.05, 0) is 63.7 Å². The zero-order valence-corrected chi connectivity index (χ0v) is 17.0. The lowest BCUT2D eigenvalue weighted by Gasteiger charge is -2.30. The van der Waals surface area contributed by atoms with Crippen molar-refractivity contribution in [2.75, 3.05) is 19.6 Å². The monoisotopic (exact) mass is 373 g/mol. The summed E-state index contributed by atoms with van der Waals surface area (Å²) in [7, 11) is 0. The van der Waals surface area contributed by atoms with Gasteiger partial charge in [-0.1, -0.05) is 26.0 Å². The smallest absolute Gasteiger partial charge is 0.234 e. The Kier molecular flexibility index (Phi) is 6.65. The van der Waals surface area contributed by atoms with E-state index in [1.807, 2.05) is 11.3 Å². The Bertz CT molecular complexity index is 686. The maximum atomic E-state index is 12.3. The van der Waals surface area contributed by atoms with Crippen LogP contribution in [0.5, 0.6) is 0 Å². The van der Waals surface area contributed by atoms with Gasteiger partial charge in [0.25, 0.3) is 0 Å². The van der Waals surface area contributed by atoms with Crippen LogP contribution in [0, 0.1) is 5.92 Å². The van der Waals surface area contributed by atoms with Crippen LogP contribution in [0.15, 0.2) is 24.3 Å². The zero-order chi connectivity index (χ0) is 18.5. The highest BCUT2D eigenvalue weighted by molar-refractivity contribution is 7.18. The van der Waals surface area contributed by atoms with Crippen LogP contribution in [-0.4, -0.2) is 41.5 Å². The molecule has 0 unspecified atom stereocenters. The number of carbonyl (C=O) groups excluding carboxylic acids is 1. The van der Waals surface area contributed by atoms with Crippen LogP contribution >= 0.6 is 11.3 Å². The van der Waals surface area contributed by atoms with E-state index in [4.69, 9.17) is 4.98 Å². The van der Waals surface area contributed by atoms with Crippen molar-refractivity contribution >= 4 is 27.5 Å². The third-order valence-corrected chi connectivity index (χ3v) is 6.40. The first-order chi connectivity index (χ1) is 12.5. The molecule has 1 aliphatic heterocycles. The van der Waals surface area contributed by atoms with Crippen LogP contribution in [0.1, 0.15) is 57.4 Å². The van der Waals surface area contributed by atoms with E-state index in [0.717, 1.165) is 44.3 Å². The predicted molar refractivity (Wildman–Crippen MR) is 110 cm³/mol. The van der Waals surface area contributed by atoms with E-state index in [-0.39, 0.29) is 11.9 Å². The number of fused-ring (bicyclic) bond motifs is 1. The van der Waals surface area contributed by atoms with E-state index in [2.05, 4.69) is 55.3 Å². The van der Waals surface area contributed by atoms with Crippen molar-refractivity contribution < 1.29 is 4.79 Å². The van der Waals surface area contributed by atoms with Crippen molar-refractivity contribution in [1.29, 1.82) is 0 Å². The summed E-state index contributed by atoms with van der Waals surface area (Å²) >= 11 is 1.83. The van der Waals surface area contributed by atoms with E-state index < -0.39 is 0 Å². The number of likely N-dealkylation sites (tertiary alicyclic amines) is 1. The van der Waals surface area contributed by atoms with Gasteiger partial charge in [-0.3, -0.25) is 9.69 Å². The number of hydrogen-bond acceptors (Lipinski definition) is 4. The maximum absolute atomic E-state index is 12.3. The molecule has 26 heavy (non-hydrogen) atoms. The van der Waals surface area contributed by atoms with Crippen LogP contribution in [0.4, 0.5) is 0 Å². The Balaban J connectivity index is 1.44. The third-order valence-electron chi connectivity index (χ3n) is 5.20. The number of piperidine rings is 1. The minimum Gasteiger partial charge on any atom is -0.353 e.